The van der Waals surface area contributed by atoms with E-state index in [0.29, 0.717) is 23.0 Å². The van der Waals surface area contributed by atoms with Gasteiger partial charge in [0, 0.05) is 18.4 Å². The van der Waals surface area contributed by atoms with Crippen LogP contribution >= 0.6 is 11.6 Å². The number of nitrogens with one attached hydrogen (secondary N) is 1. The van der Waals surface area contributed by atoms with Gasteiger partial charge in [0.1, 0.15) is 6.33 Å². The highest BCUT2D eigenvalue weighted by Crippen LogP contribution is 2.15. The van der Waals surface area contributed by atoms with Crippen LogP contribution in [0, 0.1) is 6.92 Å². The predicted molar refractivity (Wildman–Crippen MR) is 70.9 cm³/mol. The lowest BCUT2D eigenvalue weighted by atomic mass is 10.2. The summed E-state index contributed by atoms with van der Waals surface area (Å²) in [7, 11) is 0. The molecule has 0 bridgehead atoms. The quantitative estimate of drug-likeness (QED) is 0.922. The molecule has 1 amide bonds. The first-order chi connectivity index (χ1) is 9.11. The number of carbonyl (C=O) groups excluding carboxylic acids is 1. The summed E-state index contributed by atoms with van der Waals surface area (Å²) in [6, 6.07) is 1.66. The van der Waals surface area contributed by atoms with Gasteiger partial charge < -0.3 is 9.88 Å². The number of aromatic nitrogens is 4. The van der Waals surface area contributed by atoms with Crippen molar-refractivity contribution in [1.29, 1.82) is 0 Å². The number of aryl methyl sites for hydroxylation is 2. The van der Waals surface area contributed by atoms with Gasteiger partial charge in [-0.25, -0.2) is 0 Å². The highest BCUT2D eigenvalue weighted by Gasteiger charge is 2.12. The average molecular weight is 280 g/mol. The molecule has 0 aromatic carbocycles. The van der Waals surface area contributed by atoms with E-state index in [4.69, 9.17) is 11.6 Å². The van der Waals surface area contributed by atoms with Crippen molar-refractivity contribution < 1.29 is 4.79 Å². The highest BCUT2D eigenvalue weighted by atomic mass is 35.5. The SMILES string of the molecule is CCn1cnnc1CNC(=O)c1cnc(C)cc1Cl. The summed E-state index contributed by atoms with van der Waals surface area (Å²) >= 11 is 6.01. The number of hydrogen-bond donors (Lipinski definition) is 1. The molecule has 0 aliphatic rings. The summed E-state index contributed by atoms with van der Waals surface area (Å²) in [6.45, 7) is 4.86. The van der Waals surface area contributed by atoms with Crippen molar-refractivity contribution in [1.82, 2.24) is 25.1 Å². The number of pyridine rings is 1. The predicted octanol–water partition coefficient (Wildman–Crippen LogP) is 1.58. The Balaban J connectivity index is 2.05. The molecular formula is C12H14ClN5O. The molecule has 0 saturated heterocycles. The first-order valence-electron chi connectivity index (χ1n) is 5.88. The zero-order valence-corrected chi connectivity index (χ0v) is 11.5. The summed E-state index contributed by atoms with van der Waals surface area (Å²) < 4.78 is 1.86. The van der Waals surface area contributed by atoms with Gasteiger partial charge in [0.25, 0.3) is 5.91 Å². The molecule has 2 heterocycles. The second-order valence-corrected chi connectivity index (χ2v) is 4.43. The fourth-order valence-electron chi connectivity index (χ4n) is 1.63. The van der Waals surface area contributed by atoms with E-state index < -0.39 is 0 Å². The minimum atomic E-state index is -0.275. The summed E-state index contributed by atoms with van der Waals surface area (Å²) in [5.41, 5.74) is 1.13. The van der Waals surface area contributed by atoms with Gasteiger partial charge in [-0.15, -0.1) is 10.2 Å². The van der Waals surface area contributed by atoms with Crippen LogP contribution in [0.4, 0.5) is 0 Å². The zero-order chi connectivity index (χ0) is 13.8. The minimum Gasteiger partial charge on any atom is -0.345 e. The normalized spacial score (nSPS) is 10.5. The third-order valence-corrected chi connectivity index (χ3v) is 2.99. The summed E-state index contributed by atoms with van der Waals surface area (Å²) in [5.74, 6) is 0.426. The molecule has 2 rings (SSSR count). The maximum atomic E-state index is 12.0. The molecule has 0 fully saturated rings. The van der Waals surface area contributed by atoms with E-state index in [0.717, 1.165) is 12.2 Å². The van der Waals surface area contributed by atoms with Crippen molar-refractivity contribution in [3.05, 3.63) is 40.7 Å². The number of hydrogen-bond acceptors (Lipinski definition) is 4. The lowest BCUT2D eigenvalue weighted by Gasteiger charge is -2.07. The molecule has 0 aliphatic carbocycles. The van der Waals surface area contributed by atoms with Crippen LogP contribution in [0.25, 0.3) is 0 Å². The van der Waals surface area contributed by atoms with Crippen LogP contribution in [-0.2, 0) is 13.1 Å². The number of carbonyl (C=O) groups is 1. The molecule has 2 aromatic rings. The van der Waals surface area contributed by atoms with Gasteiger partial charge in [-0.3, -0.25) is 9.78 Å². The molecule has 1 N–H and O–H groups in total. The van der Waals surface area contributed by atoms with E-state index in [1.807, 2.05) is 18.4 Å². The fraction of sp³-hybridized carbons (Fsp3) is 0.333. The minimum absolute atomic E-state index is 0.275. The standard InChI is InChI=1S/C12H14ClN5O/c1-3-18-7-16-17-11(18)6-15-12(19)9-5-14-8(2)4-10(9)13/h4-5,7H,3,6H2,1-2H3,(H,15,19). The first kappa shape index (κ1) is 13.5. The molecular weight excluding hydrogens is 266 g/mol. The lowest BCUT2D eigenvalue weighted by Crippen LogP contribution is -2.25. The van der Waals surface area contributed by atoms with Crippen LogP contribution in [0.5, 0.6) is 0 Å². The Hall–Kier alpha value is -1.95. The molecule has 0 radical (unpaired) electrons. The van der Waals surface area contributed by atoms with E-state index in [9.17, 15) is 4.79 Å². The van der Waals surface area contributed by atoms with Crippen LogP contribution in [0.1, 0.15) is 28.8 Å². The van der Waals surface area contributed by atoms with Crippen LogP contribution in [0.2, 0.25) is 5.02 Å². The van der Waals surface area contributed by atoms with Gasteiger partial charge >= 0.3 is 0 Å². The molecule has 100 valence electrons. The van der Waals surface area contributed by atoms with E-state index in [-0.39, 0.29) is 5.91 Å². The monoisotopic (exact) mass is 279 g/mol. The molecule has 0 aliphatic heterocycles. The lowest BCUT2D eigenvalue weighted by molar-refractivity contribution is 0.0949. The highest BCUT2D eigenvalue weighted by molar-refractivity contribution is 6.33. The summed E-state index contributed by atoms with van der Waals surface area (Å²) in [6.07, 6.45) is 3.10. The maximum absolute atomic E-state index is 12.0. The van der Waals surface area contributed by atoms with Crippen molar-refractivity contribution in [2.45, 2.75) is 26.9 Å². The van der Waals surface area contributed by atoms with E-state index >= 15 is 0 Å². The van der Waals surface area contributed by atoms with Gasteiger partial charge in [0.05, 0.1) is 17.1 Å². The number of rotatable bonds is 4. The molecule has 19 heavy (non-hydrogen) atoms. The number of amides is 1. The van der Waals surface area contributed by atoms with Crippen molar-refractivity contribution in [2.75, 3.05) is 0 Å². The Labute approximate surface area is 115 Å². The van der Waals surface area contributed by atoms with E-state index in [2.05, 4.69) is 20.5 Å². The van der Waals surface area contributed by atoms with Crippen molar-refractivity contribution >= 4 is 17.5 Å². The molecule has 6 nitrogen and oxygen atoms in total. The van der Waals surface area contributed by atoms with Crippen molar-refractivity contribution in [2.24, 2.45) is 0 Å². The Morgan fingerprint density at radius 1 is 1.53 bits per heavy atom. The molecule has 0 atom stereocenters. The van der Waals surface area contributed by atoms with Crippen LogP contribution < -0.4 is 5.32 Å². The summed E-state index contributed by atoms with van der Waals surface area (Å²) in [5, 5.41) is 10.9. The zero-order valence-electron chi connectivity index (χ0n) is 10.7. The molecule has 0 spiro atoms. The second-order valence-electron chi connectivity index (χ2n) is 4.02. The largest absolute Gasteiger partial charge is 0.345 e. The third-order valence-electron chi connectivity index (χ3n) is 2.68. The fourth-order valence-corrected chi connectivity index (χ4v) is 1.92. The Kier molecular flexibility index (Phi) is 4.11. The third kappa shape index (κ3) is 3.08. The van der Waals surface area contributed by atoms with Gasteiger partial charge in [-0.1, -0.05) is 11.6 Å². The smallest absolute Gasteiger partial charge is 0.254 e. The van der Waals surface area contributed by atoms with Crippen molar-refractivity contribution in [3.8, 4) is 0 Å². The second kappa shape index (κ2) is 5.79. The van der Waals surface area contributed by atoms with Crippen LogP contribution in [0.15, 0.2) is 18.6 Å². The van der Waals surface area contributed by atoms with Gasteiger partial charge in [0.2, 0.25) is 0 Å². The van der Waals surface area contributed by atoms with Gasteiger partial charge in [-0.2, -0.15) is 0 Å². The summed E-state index contributed by atoms with van der Waals surface area (Å²) in [4.78, 5) is 16.0. The van der Waals surface area contributed by atoms with E-state index in [1.165, 1.54) is 6.20 Å². The van der Waals surface area contributed by atoms with Crippen molar-refractivity contribution in [3.63, 3.8) is 0 Å². The Bertz CT molecular complexity index is 596. The number of halogens is 1. The number of nitrogens with zero attached hydrogens (tertiary/aromatic N) is 4. The van der Waals surface area contributed by atoms with Crippen LogP contribution in [0.3, 0.4) is 0 Å². The Morgan fingerprint density at radius 2 is 2.32 bits per heavy atom. The molecule has 2 aromatic heterocycles. The Morgan fingerprint density at radius 3 is 3.00 bits per heavy atom. The molecule has 7 heteroatoms. The first-order valence-corrected chi connectivity index (χ1v) is 6.26. The maximum Gasteiger partial charge on any atom is 0.254 e. The van der Waals surface area contributed by atoms with Crippen LogP contribution in [-0.4, -0.2) is 25.7 Å². The topological polar surface area (TPSA) is 72.7 Å². The van der Waals surface area contributed by atoms with E-state index in [1.54, 1.807) is 12.4 Å². The molecule has 0 saturated carbocycles. The van der Waals surface area contributed by atoms with Gasteiger partial charge in [-0.05, 0) is 19.9 Å². The van der Waals surface area contributed by atoms with Gasteiger partial charge in [0.15, 0.2) is 5.82 Å². The average Bonchev–Trinajstić information content (AvgIpc) is 2.83. The molecule has 0 unspecified atom stereocenters.